The van der Waals surface area contributed by atoms with E-state index in [2.05, 4.69) is 38.2 Å². The molecule has 0 spiro atoms. The lowest BCUT2D eigenvalue weighted by molar-refractivity contribution is -0.151. The summed E-state index contributed by atoms with van der Waals surface area (Å²) in [5.74, 6) is -0.539. The molecule has 3 atom stereocenters. The maximum absolute atomic E-state index is 13.1. The van der Waals surface area contributed by atoms with Gasteiger partial charge in [0.25, 0.3) is 0 Å². The first-order valence-corrected chi connectivity index (χ1v) is 23.4. The molecule has 0 rings (SSSR count). The quantitative estimate of drug-likeness (QED) is 0.0327. The second kappa shape index (κ2) is 43.0. The van der Waals surface area contributed by atoms with Gasteiger partial charge in [0.05, 0.1) is 25.2 Å². The number of amides is 1. The number of ether oxygens (including phenoxy) is 1. The molecule has 0 saturated heterocycles. The highest BCUT2D eigenvalue weighted by molar-refractivity contribution is 5.77. The zero-order chi connectivity index (χ0) is 40.3. The molecule has 0 aromatic carbocycles. The second-order valence-electron chi connectivity index (χ2n) is 15.9. The molecular weight excluding hydrogens is 683 g/mol. The average molecular weight is 772 g/mol. The van der Waals surface area contributed by atoms with Gasteiger partial charge in [-0.3, -0.25) is 9.59 Å². The molecule has 0 heterocycles. The minimum atomic E-state index is -0.801. The standard InChI is InChI=1S/C49H89NO5/c1-4-7-10-13-16-19-22-23-24-27-30-33-36-39-42-49(54)55-45(40-37-34-31-28-25-20-17-14-11-8-5-2)43-48(53)50-46(44-51)47(52)41-38-35-32-29-26-21-18-15-12-9-6-3/h8,11,14,17,20,25,28,31,45-47,51-52H,4-7,9-10,12-13,15-16,18-19,21-24,26-27,29-30,32-44H2,1-3H3,(H,50,53)/b11-8+,17-14+,25-20-,31-28-. The van der Waals surface area contributed by atoms with Crippen molar-refractivity contribution in [2.24, 2.45) is 0 Å². The molecule has 3 N–H and O–H groups in total. The first-order chi connectivity index (χ1) is 27.0. The molecule has 0 fully saturated rings. The summed E-state index contributed by atoms with van der Waals surface area (Å²) in [5.41, 5.74) is 0. The second-order valence-corrected chi connectivity index (χ2v) is 15.9. The number of unbranched alkanes of at least 4 members (excludes halogenated alkanes) is 24. The van der Waals surface area contributed by atoms with Crippen molar-refractivity contribution < 1.29 is 24.5 Å². The molecule has 0 aliphatic carbocycles. The monoisotopic (exact) mass is 772 g/mol. The van der Waals surface area contributed by atoms with Crippen LogP contribution in [0.25, 0.3) is 0 Å². The van der Waals surface area contributed by atoms with Crippen molar-refractivity contribution in [2.75, 3.05) is 6.61 Å². The number of rotatable bonds is 41. The van der Waals surface area contributed by atoms with Crippen LogP contribution in [0.5, 0.6) is 0 Å². The number of hydrogen-bond donors (Lipinski definition) is 3. The van der Waals surface area contributed by atoms with Gasteiger partial charge in [-0.1, -0.05) is 223 Å². The fourth-order valence-corrected chi connectivity index (χ4v) is 6.98. The first kappa shape index (κ1) is 52.8. The summed E-state index contributed by atoms with van der Waals surface area (Å²) in [5, 5.41) is 23.6. The van der Waals surface area contributed by atoms with Crippen molar-refractivity contribution in [1.29, 1.82) is 0 Å². The molecule has 0 aliphatic rings. The number of allylic oxidation sites excluding steroid dienone is 8. The van der Waals surface area contributed by atoms with Crippen LogP contribution < -0.4 is 5.32 Å². The topological polar surface area (TPSA) is 95.9 Å². The van der Waals surface area contributed by atoms with Crippen LogP contribution in [-0.4, -0.2) is 46.9 Å². The molecule has 6 heteroatoms. The van der Waals surface area contributed by atoms with Crippen molar-refractivity contribution in [1.82, 2.24) is 5.32 Å². The van der Waals surface area contributed by atoms with Crippen LogP contribution in [0, 0.1) is 0 Å². The van der Waals surface area contributed by atoms with E-state index in [1.807, 2.05) is 36.5 Å². The SMILES string of the molecule is CC/C=C/C=C/C=C\C=C/CCCC(CC(=O)NC(CO)C(O)CCCCCCCCCCCCC)OC(=O)CCCCCCCCCCCCCCCC. The maximum atomic E-state index is 13.1. The predicted molar refractivity (Wildman–Crippen MR) is 236 cm³/mol. The average Bonchev–Trinajstić information content (AvgIpc) is 3.18. The number of nitrogens with one attached hydrogen (secondary N) is 1. The van der Waals surface area contributed by atoms with Crippen molar-refractivity contribution in [3.8, 4) is 0 Å². The van der Waals surface area contributed by atoms with Gasteiger partial charge in [0.2, 0.25) is 5.91 Å². The third-order valence-corrected chi connectivity index (χ3v) is 10.5. The molecule has 0 bridgehead atoms. The van der Waals surface area contributed by atoms with E-state index in [1.54, 1.807) is 0 Å². The molecule has 6 nitrogen and oxygen atoms in total. The lowest BCUT2D eigenvalue weighted by Gasteiger charge is -2.24. The summed E-state index contributed by atoms with van der Waals surface area (Å²) in [6, 6.07) is -0.719. The van der Waals surface area contributed by atoms with Gasteiger partial charge in [0.1, 0.15) is 6.10 Å². The number of aliphatic hydroxyl groups excluding tert-OH is 2. The van der Waals surface area contributed by atoms with Crippen LogP contribution >= 0.6 is 0 Å². The molecule has 1 amide bonds. The predicted octanol–water partition coefficient (Wildman–Crippen LogP) is 13.5. The first-order valence-electron chi connectivity index (χ1n) is 23.4. The third-order valence-electron chi connectivity index (χ3n) is 10.5. The van der Waals surface area contributed by atoms with E-state index in [-0.39, 0.29) is 24.9 Å². The zero-order valence-corrected chi connectivity index (χ0v) is 36.3. The van der Waals surface area contributed by atoms with Gasteiger partial charge >= 0.3 is 5.97 Å². The highest BCUT2D eigenvalue weighted by Crippen LogP contribution is 2.17. The minimum Gasteiger partial charge on any atom is -0.462 e. The summed E-state index contributed by atoms with van der Waals surface area (Å²) in [6.07, 6.45) is 50.4. The summed E-state index contributed by atoms with van der Waals surface area (Å²) < 4.78 is 5.87. The van der Waals surface area contributed by atoms with Crippen molar-refractivity contribution in [3.05, 3.63) is 48.6 Å². The highest BCUT2D eigenvalue weighted by atomic mass is 16.5. The Kier molecular flexibility index (Phi) is 41.2. The number of carbonyl (C=O) groups excluding carboxylic acids is 2. The Morgan fingerprint density at radius 3 is 1.45 bits per heavy atom. The summed E-state index contributed by atoms with van der Waals surface area (Å²) in [7, 11) is 0. The molecule has 320 valence electrons. The Bertz CT molecular complexity index is 957. The van der Waals surface area contributed by atoms with Crippen LogP contribution in [-0.2, 0) is 14.3 Å². The van der Waals surface area contributed by atoms with Gasteiger partial charge in [-0.25, -0.2) is 0 Å². The Hall–Kier alpha value is -2.18. The molecule has 0 aliphatic heterocycles. The Morgan fingerprint density at radius 2 is 0.982 bits per heavy atom. The summed E-state index contributed by atoms with van der Waals surface area (Å²) in [6.45, 7) is 6.30. The van der Waals surface area contributed by atoms with E-state index < -0.39 is 18.2 Å². The summed E-state index contributed by atoms with van der Waals surface area (Å²) in [4.78, 5) is 26.0. The maximum Gasteiger partial charge on any atom is 0.306 e. The molecule has 0 aromatic heterocycles. The molecule has 55 heavy (non-hydrogen) atoms. The van der Waals surface area contributed by atoms with Gasteiger partial charge in [-0.2, -0.15) is 0 Å². The van der Waals surface area contributed by atoms with Crippen molar-refractivity contribution in [3.63, 3.8) is 0 Å². The fraction of sp³-hybridized carbons (Fsp3) is 0.796. The van der Waals surface area contributed by atoms with Crippen LogP contribution in [0.1, 0.15) is 226 Å². The highest BCUT2D eigenvalue weighted by Gasteiger charge is 2.24. The number of esters is 1. The summed E-state index contributed by atoms with van der Waals surface area (Å²) >= 11 is 0. The lowest BCUT2D eigenvalue weighted by Crippen LogP contribution is -2.46. The van der Waals surface area contributed by atoms with Gasteiger partial charge < -0.3 is 20.3 Å². The Morgan fingerprint density at radius 1 is 0.545 bits per heavy atom. The smallest absolute Gasteiger partial charge is 0.306 e. The molecule has 0 radical (unpaired) electrons. The van der Waals surface area contributed by atoms with Crippen LogP contribution in [0.4, 0.5) is 0 Å². The normalized spacial score (nSPS) is 13.8. The van der Waals surface area contributed by atoms with Crippen molar-refractivity contribution >= 4 is 11.9 Å². The number of hydrogen-bond acceptors (Lipinski definition) is 5. The van der Waals surface area contributed by atoms with Gasteiger partial charge in [-0.15, -0.1) is 0 Å². The van der Waals surface area contributed by atoms with E-state index in [9.17, 15) is 19.8 Å². The van der Waals surface area contributed by atoms with Crippen molar-refractivity contribution in [2.45, 2.75) is 244 Å². The molecular formula is C49H89NO5. The molecule has 0 aromatic rings. The van der Waals surface area contributed by atoms with E-state index >= 15 is 0 Å². The lowest BCUT2D eigenvalue weighted by atomic mass is 10.0. The molecule has 0 saturated carbocycles. The van der Waals surface area contributed by atoms with E-state index in [0.717, 1.165) is 57.8 Å². The van der Waals surface area contributed by atoms with E-state index in [1.165, 1.54) is 122 Å². The number of aliphatic hydroxyl groups is 2. The largest absolute Gasteiger partial charge is 0.462 e. The van der Waals surface area contributed by atoms with Crippen LogP contribution in [0.3, 0.4) is 0 Å². The molecule has 3 unspecified atom stereocenters. The third kappa shape index (κ3) is 38.5. The van der Waals surface area contributed by atoms with E-state index in [4.69, 9.17) is 4.74 Å². The van der Waals surface area contributed by atoms with Gasteiger partial charge in [-0.05, 0) is 38.5 Å². The zero-order valence-electron chi connectivity index (χ0n) is 36.3. The van der Waals surface area contributed by atoms with Crippen LogP contribution in [0.2, 0.25) is 0 Å². The van der Waals surface area contributed by atoms with E-state index in [0.29, 0.717) is 19.3 Å². The fourth-order valence-electron chi connectivity index (χ4n) is 6.98. The van der Waals surface area contributed by atoms with Gasteiger partial charge in [0.15, 0.2) is 0 Å². The Balaban J connectivity index is 4.63. The Labute approximate surface area is 340 Å². The number of carbonyl (C=O) groups is 2. The van der Waals surface area contributed by atoms with Gasteiger partial charge in [0, 0.05) is 6.42 Å². The minimum absolute atomic E-state index is 0.0336. The van der Waals surface area contributed by atoms with Crippen LogP contribution in [0.15, 0.2) is 48.6 Å².